The number of ether oxygens (including phenoxy) is 1. The monoisotopic (exact) mass is 344 g/mol. The zero-order chi connectivity index (χ0) is 17.4. The average Bonchev–Trinajstić information content (AvgIpc) is 2.55. The molecule has 0 amide bonds. The molecular weight excluding hydrogens is 320 g/mol. The Morgan fingerprint density at radius 1 is 1.46 bits per heavy atom. The van der Waals surface area contributed by atoms with E-state index in [1.807, 2.05) is 44.2 Å². The predicted octanol–water partition coefficient (Wildman–Crippen LogP) is 3.55. The zero-order valence-electron chi connectivity index (χ0n) is 14.4. The van der Waals surface area contributed by atoms with Crippen LogP contribution in [0.25, 0.3) is 0 Å². The number of allylic oxidation sites excluding steroid dienone is 3. The number of unbranched alkanes of at least 4 members (excludes halogenated alkanes) is 1. The Labute approximate surface area is 148 Å². The van der Waals surface area contributed by atoms with Gasteiger partial charge in [-0.3, -0.25) is 0 Å². The first kappa shape index (κ1) is 18.3. The van der Waals surface area contributed by atoms with Crippen LogP contribution in [-0.2, 0) is 4.74 Å². The van der Waals surface area contributed by atoms with Crippen molar-refractivity contribution in [3.05, 3.63) is 48.0 Å². The van der Waals surface area contributed by atoms with Crippen molar-refractivity contribution in [1.82, 2.24) is 15.5 Å². The highest BCUT2D eigenvalue weighted by Crippen LogP contribution is 2.28. The molecule has 1 atom stereocenters. The summed E-state index contributed by atoms with van der Waals surface area (Å²) in [7, 11) is 0. The average molecular weight is 344 g/mol. The number of thiocarbonyl (C=S) groups is 1. The maximum atomic E-state index is 5.98. The highest BCUT2D eigenvalue weighted by Gasteiger charge is 2.21. The summed E-state index contributed by atoms with van der Waals surface area (Å²) in [5.74, 6) is 0.790. The summed E-state index contributed by atoms with van der Waals surface area (Å²) in [5.41, 5.74) is 1.64. The molecule has 1 aliphatic rings. The molecule has 0 saturated carbocycles. The third-order valence-corrected chi connectivity index (χ3v) is 3.59. The number of rotatable bonds is 6. The van der Waals surface area contributed by atoms with Gasteiger partial charge in [0.1, 0.15) is 5.76 Å². The van der Waals surface area contributed by atoms with Gasteiger partial charge in [-0.25, -0.2) is 4.99 Å². The van der Waals surface area contributed by atoms with Gasteiger partial charge < -0.3 is 10.1 Å². The van der Waals surface area contributed by atoms with E-state index in [1.54, 1.807) is 6.20 Å². The summed E-state index contributed by atoms with van der Waals surface area (Å²) >= 11 is 5.25. The van der Waals surface area contributed by atoms with Crippen LogP contribution in [0.5, 0.6) is 0 Å². The van der Waals surface area contributed by atoms with E-state index in [2.05, 4.69) is 27.4 Å². The molecule has 2 rings (SSSR count). The molecule has 1 aromatic heterocycles. The van der Waals surface area contributed by atoms with E-state index in [4.69, 9.17) is 17.0 Å². The second-order valence-electron chi connectivity index (χ2n) is 5.87. The van der Waals surface area contributed by atoms with Gasteiger partial charge >= 0.3 is 0 Å². The number of nitrogens with one attached hydrogen (secondary N) is 1. The predicted molar refractivity (Wildman–Crippen MR) is 101 cm³/mol. The molecule has 0 fully saturated rings. The van der Waals surface area contributed by atoms with Crippen LogP contribution in [0.3, 0.4) is 0 Å². The van der Waals surface area contributed by atoms with Crippen LogP contribution in [0.15, 0.2) is 47.3 Å². The molecule has 1 aromatic rings. The molecule has 0 aliphatic heterocycles. The fraction of sp³-hybridized carbons (Fsp3) is 0.444. The summed E-state index contributed by atoms with van der Waals surface area (Å²) in [6.07, 6.45) is 9.67. The Morgan fingerprint density at radius 2 is 2.29 bits per heavy atom. The lowest BCUT2D eigenvalue weighted by atomic mass is 9.96. The molecule has 5 nitrogen and oxygen atoms in total. The highest BCUT2D eigenvalue weighted by atomic mass is 32.1. The fourth-order valence-corrected chi connectivity index (χ4v) is 2.57. The van der Waals surface area contributed by atoms with Gasteiger partial charge in [0, 0.05) is 18.3 Å². The molecule has 1 heterocycles. The Hall–Kier alpha value is -2.08. The van der Waals surface area contributed by atoms with Gasteiger partial charge in [-0.05, 0) is 50.7 Å². The van der Waals surface area contributed by atoms with Crippen molar-refractivity contribution < 1.29 is 4.74 Å². The largest absolute Gasteiger partial charge is 0.497 e. The number of aromatic nitrogens is 2. The van der Waals surface area contributed by atoms with Crippen LogP contribution in [0.1, 0.15) is 45.2 Å². The van der Waals surface area contributed by atoms with Crippen molar-refractivity contribution in [3.8, 4) is 0 Å². The van der Waals surface area contributed by atoms with E-state index in [0.29, 0.717) is 11.7 Å². The fourth-order valence-electron chi connectivity index (χ4n) is 2.23. The molecule has 128 valence electrons. The zero-order valence-corrected chi connectivity index (χ0v) is 15.2. The van der Waals surface area contributed by atoms with Crippen molar-refractivity contribution >= 4 is 23.0 Å². The molecule has 0 bridgehead atoms. The number of hydrogen-bond donors (Lipinski definition) is 1. The lowest BCUT2D eigenvalue weighted by Crippen LogP contribution is -2.28. The minimum atomic E-state index is -0.0406. The molecular formula is C18H24N4OS. The standard InChI is InChI=1S/C18H24N4OS/c1-4-5-11-23-17-12-14(21-18(24)20-13(2)3)8-9-15(17)16-7-6-10-19-22-16/h6-10,12-13,15H,4-5,11H2,1-3H3,(H,20,24)/b21-14-. The molecule has 1 aliphatic carbocycles. The third-order valence-electron chi connectivity index (χ3n) is 3.38. The second kappa shape index (κ2) is 9.27. The summed E-state index contributed by atoms with van der Waals surface area (Å²) in [6, 6.07) is 4.09. The number of aliphatic imine (C=N–C) groups is 1. The van der Waals surface area contributed by atoms with Gasteiger partial charge in [0.05, 0.1) is 23.9 Å². The van der Waals surface area contributed by atoms with Gasteiger partial charge in [-0.2, -0.15) is 10.2 Å². The van der Waals surface area contributed by atoms with E-state index >= 15 is 0 Å². The maximum absolute atomic E-state index is 5.98. The lowest BCUT2D eigenvalue weighted by Gasteiger charge is -2.20. The Bertz CT molecular complexity index is 638. The third kappa shape index (κ3) is 5.53. The molecule has 0 spiro atoms. The van der Waals surface area contributed by atoms with Gasteiger partial charge in [0.25, 0.3) is 0 Å². The first-order chi connectivity index (χ1) is 11.6. The van der Waals surface area contributed by atoms with Crippen LogP contribution >= 0.6 is 12.2 Å². The minimum Gasteiger partial charge on any atom is -0.497 e. The van der Waals surface area contributed by atoms with Crippen LogP contribution in [0.2, 0.25) is 0 Å². The van der Waals surface area contributed by atoms with E-state index in [-0.39, 0.29) is 12.0 Å². The molecule has 1 N–H and O–H groups in total. The molecule has 0 saturated heterocycles. The van der Waals surface area contributed by atoms with E-state index in [1.165, 1.54) is 0 Å². The van der Waals surface area contributed by atoms with Crippen LogP contribution in [0.4, 0.5) is 0 Å². The quantitative estimate of drug-likeness (QED) is 0.632. The van der Waals surface area contributed by atoms with E-state index in [0.717, 1.165) is 30.0 Å². The Morgan fingerprint density at radius 3 is 2.96 bits per heavy atom. The summed E-state index contributed by atoms with van der Waals surface area (Å²) < 4.78 is 5.98. The first-order valence-electron chi connectivity index (χ1n) is 8.29. The minimum absolute atomic E-state index is 0.0406. The Kier molecular flexibility index (Phi) is 7.06. The van der Waals surface area contributed by atoms with E-state index in [9.17, 15) is 0 Å². The number of nitrogens with zero attached hydrogens (tertiary/aromatic N) is 3. The van der Waals surface area contributed by atoms with Crippen molar-refractivity contribution in [2.45, 2.75) is 45.6 Å². The van der Waals surface area contributed by atoms with Gasteiger partial charge in [0.15, 0.2) is 5.11 Å². The van der Waals surface area contributed by atoms with Crippen molar-refractivity contribution in [2.24, 2.45) is 4.99 Å². The summed E-state index contributed by atoms with van der Waals surface area (Å²) in [5, 5.41) is 11.8. The molecule has 0 aromatic carbocycles. The smallest absolute Gasteiger partial charge is 0.193 e. The SMILES string of the molecule is CCCCOC1=C/C(=N\C(=S)NC(C)C)C=CC1c1cccnn1. The van der Waals surface area contributed by atoms with Crippen LogP contribution < -0.4 is 5.32 Å². The first-order valence-corrected chi connectivity index (χ1v) is 8.70. The Balaban J connectivity index is 2.20. The van der Waals surface area contributed by atoms with Crippen molar-refractivity contribution in [2.75, 3.05) is 6.61 Å². The normalized spacial score (nSPS) is 18.6. The van der Waals surface area contributed by atoms with Crippen molar-refractivity contribution in [3.63, 3.8) is 0 Å². The topological polar surface area (TPSA) is 59.4 Å². The van der Waals surface area contributed by atoms with Gasteiger partial charge in [-0.1, -0.05) is 19.4 Å². The second-order valence-corrected chi connectivity index (χ2v) is 6.26. The summed E-state index contributed by atoms with van der Waals surface area (Å²) in [6.45, 7) is 6.88. The van der Waals surface area contributed by atoms with Gasteiger partial charge in [0.2, 0.25) is 0 Å². The maximum Gasteiger partial charge on any atom is 0.193 e. The molecule has 0 radical (unpaired) electrons. The lowest BCUT2D eigenvalue weighted by molar-refractivity contribution is 0.195. The summed E-state index contributed by atoms with van der Waals surface area (Å²) in [4.78, 5) is 4.44. The molecule has 24 heavy (non-hydrogen) atoms. The van der Waals surface area contributed by atoms with Crippen LogP contribution in [0, 0.1) is 0 Å². The van der Waals surface area contributed by atoms with E-state index < -0.39 is 0 Å². The number of hydrogen-bond acceptors (Lipinski definition) is 4. The van der Waals surface area contributed by atoms with Crippen LogP contribution in [-0.4, -0.2) is 33.7 Å². The van der Waals surface area contributed by atoms with Gasteiger partial charge in [-0.15, -0.1) is 0 Å². The molecule has 1 unspecified atom stereocenters. The van der Waals surface area contributed by atoms with Crippen molar-refractivity contribution in [1.29, 1.82) is 0 Å². The highest BCUT2D eigenvalue weighted by molar-refractivity contribution is 7.80. The molecule has 6 heteroatoms.